The molecule has 0 aliphatic carbocycles. The number of hydrogen-bond acceptors (Lipinski definition) is 9. The number of furan rings is 1. The van der Waals surface area contributed by atoms with E-state index in [0.717, 1.165) is 16.0 Å². The van der Waals surface area contributed by atoms with Crippen molar-refractivity contribution in [3.63, 3.8) is 0 Å². The Labute approximate surface area is 259 Å². The number of ether oxygens (including phenoxy) is 1. The number of esters is 1. The molecule has 220 valence electrons. The van der Waals surface area contributed by atoms with Crippen LogP contribution in [0.15, 0.2) is 116 Å². The summed E-state index contributed by atoms with van der Waals surface area (Å²) in [6.07, 6.45) is 3.57. The molecule has 3 aromatic carbocycles. The number of benzene rings is 3. The van der Waals surface area contributed by atoms with Crippen LogP contribution in [0.4, 0.5) is 5.69 Å². The summed E-state index contributed by atoms with van der Waals surface area (Å²) in [5.74, 6) is 0.0969. The number of thioether (sulfide) groups is 1. The molecule has 0 radical (unpaired) electrons. The number of rotatable bonds is 8. The second-order valence-corrected chi connectivity index (χ2v) is 11.6. The molecule has 0 bridgehead atoms. The highest BCUT2D eigenvalue weighted by molar-refractivity contribution is 7.98. The van der Waals surface area contributed by atoms with E-state index >= 15 is 0 Å². The maximum atomic E-state index is 14.1. The van der Waals surface area contributed by atoms with E-state index in [1.165, 1.54) is 22.0 Å². The molecule has 44 heavy (non-hydrogen) atoms. The van der Waals surface area contributed by atoms with Gasteiger partial charge in [-0.05, 0) is 49.1 Å². The summed E-state index contributed by atoms with van der Waals surface area (Å²) in [6.45, 7) is 1.90. The van der Waals surface area contributed by atoms with Gasteiger partial charge >= 0.3 is 5.97 Å². The lowest BCUT2D eigenvalue weighted by molar-refractivity contribution is -0.384. The summed E-state index contributed by atoms with van der Waals surface area (Å²) in [6, 6.07) is 25.9. The lowest BCUT2D eigenvalue weighted by Gasteiger charge is -2.26. The largest absolute Gasteiger partial charge is 0.463 e. The highest BCUT2D eigenvalue weighted by atomic mass is 32.2. The summed E-state index contributed by atoms with van der Waals surface area (Å²) in [4.78, 5) is 45.1. The first-order chi connectivity index (χ1) is 21.4. The SMILES string of the molecule is CCOC(=O)C1=C(c2ccccc2)N=c2s/c(=C\c3ccc(-c4ccccc4[N+](=O)[O-])o3)c(=O)n2[C@H]1c1ccc(SC)cc1. The van der Waals surface area contributed by atoms with Gasteiger partial charge in [-0.2, -0.15) is 0 Å². The fourth-order valence-corrected chi connectivity index (χ4v) is 6.48. The Morgan fingerprint density at radius 1 is 1.07 bits per heavy atom. The lowest BCUT2D eigenvalue weighted by atomic mass is 9.93. The predicted molar refractivity (Wildman–Crippen MR) is 170 cm³/mol. The van der Waals surface area contributed by atoms with Gasteiger partial charge in [0, 0.05) is 22.6 Å². The third-order valence-corrected chi connectivity index (χ3v) is 8.80. The van der Waals surface area contributed by atoms with Crippen molar-refractivity contribution in [1.29, 1.82) is 0 Å². The number of carbonyl (C=O) groups excluding carboxylic acids is 1. The Bertz CT molecular complexity index is 2090. The Balaban J connectivity index is 1.55. The van der Waals surface area contributed by atoms with Gasteiger partial charge in [0.1, 0.15) is 11.5 Å². The summed E-state index contributed by atoms with van der Waals surface area (Å²) in [5.41, 5.74) is 2.06. The van der Waals surface area contributed by atoms with Crippen molar-refractivity contribution in [2.24, 2.45) is 4.99 Å². The van der Waals surface area contributed by atoms with Crippen molar-refractivity contribution in [2.75, 3.05) is 12.9 Å². The molecule has 0 fully saturated rings. The molecule has 0 saturated heterocycles. The second-order valence-electron chi connectivity index (χ2n) is 9.68. The molecule has 0 unspecified atom stereocenters. The maximum Gasteiger partial charge on any atom is 0.338 e. The minimum absolute atomic E-state index is 0.0831. The molecule has 2 aromatic heterocycles. The zero-order valence-corrected chi connectivity index (χ0v) is 25.3. The van der Waals surface area contributed by atoms with E-state index in [1.807, 2.05) is 60.9 Å². The van der Waals surface area contributed by atoms with E-state index in [2.05, 4.69) is 0 Å². The smallest absolute Gasteiger partial charge is 0.338 e. The zero-order chi connectivity index (χ0) is 30.8. The monoisotopic (exact) mass is 623 g/mol. The number of nitro benzene ring substituents is 1. The van der Waals surface area contributed by atoms with Gasteiger partial charge in [-0.15, -0.1) is 11.8 Å². The molecule has 0 amide bonds. The summed E-state index contributed by atoms with van der Waals surface area (Å²) in [7, 11) is 0. The van der Waals surface area contributed by atoms with Gasteiger partial charge in [0.2, 0.25) is 0 Å². The Morgan fingerprint density at radius 2 is 1.80 bits per heavy atom. The Kier molecular flexibility index (Phi) is 8.14. The molecule has 11 heteroatoms. The molecule has 0 spiro atoms. The summed E-state index contributed by atoms with van der Waals surface area (Å²) in [5, 5.41) is 11.5. The molecule has 0 N–H and O–H groups in total. The number of hydrogen-bond donors (Lipinski definition) is 0. The number of para-hydroxylation sites is 1. The first kappa shape index (κ1) is 29.1. The third-order valence-electron chi connectivity index (χ3n) is 7.07. The van der Waals surface area contributed by atoms with Gasteiger partial charge in [0.05, 0.1) is 38.9 Å². The number of fused-ring (bicyclic) bond motifs is 1. The van der Waals surface area contributed by atoms with Crippen LogP contribution in [-0.4, -0.2) is 28.3 Å². The van der Waals surface area contributed by atoms with Crippen molar-refractivity contribution in [1.82, 2.24) is 4.57 Å². The highest BCUT2D eigenvalue weighted by Gasteiger charge is 2.35. The molecule has 6 rings (SSSR count). The molecular formula is C33H25N3O6S2. The topological polar surface area (TPSA) is 117 Å². The van der Waals surface area contributed by atoms with Crippen molar-refractivity contribution >= 4 is 46.5 Å². The lowest BCUT2D eigenvalue weighted by Crippen LogP contribution is -2.40. The fourth-order valence-electron chi connectivity index (χ4n) is 5.09. The number of nitro groups is 1. The van der Waals surface area contributed by atoms with Gasteiger partial charge in [-0.1, -0.05) is 65.9 Å². The fraction of sp³-hybridized carbons (Fsp3) is 0.121. The standard InChI is InChI=1S/C33H25N3O6S2/c1-3-41-32(38)28-29(20-9-5-4-6-10-20)34-33-35(30(28)21-13-16-23(43-2)17-14-21)31(37)27(44-33)19-22-15-18-26(42-22)24-11-7-8-12-25(24)36(39)40/h4-19,30H,3H2,1-2H3/b27-19-/t30-/m0/s1. The van der Waals surface area contributed by atoms with Crippen LogP contribution in [0.5, 0.6) is 0 Å². The minimum Gasteiger partial charge on any atom is -0.463 e. The molecule has 3 heterocycles. The zero-order valence-electron chi connectivity index (χ0n) is 23.6. The van der Waals surface area contributed by atoms with Crippen molar-refractivity contribution in [3.05, 3.63) is 143 Å². The van der Waals surface area contributed by atoms with Crippen LogP contribution in [0.25, 0.3) is 23.1 Å². The number of nitrogens with zero attached hydrogens (tertiary/aromatic N) is 3. The number of aromatic nitrogens is 1. The maximum absolute atomic E-state index is 14.1. The Hall–Kier alpha value is -5.00. The molecule has 1 atom stereocenters. The van der Waals surface area contributed by atoms with E-state index in [-0.39, 0.29) is 23.4 Å². The van der Waals surface area contributed by atoms with Crippen LogP contribution in [0, 0.1) is 10.1 Å². The molecule has 1 aliphatic heterocycles. The highest BCUT2D eigenvalue weighted by Crippen LogP contribution is 2.36. The van der Waals surface area contributed by atoms with Crippen LogP contribution in [0.1, 0.15) is 29.9 Å². The van der Waals surface area contributed by atoms with Crippen LogP contribution >= 0.6 is 23.1 Å². The Morgan fingerprint density at radius 3 is 2.50 bits per heavy atom. The molecular weight excluding hydrogens is 599 g/mol. The van der Waals surface area contributed by atoms with Gasteiger partial charge in [-0.25, -0.2) is 9.79 Å². The number of thiazole rings is 1. The molecule has 1 aliphatic rings. The molecule has 0 saturated carbocycles. The summed E-state index contributed by atoms with van der Waals surface area (Å²) >= 11 is 2.76. The van der Waals surface area contributed by atoms with E-state index < -0.39 is 16.9 Å². The van der Waals surface area contributed by atoms with Gasteiger partial charge < -0.3 is 9.15 Å². The van der Waals surface area contributed by atoms with E-state index in [9.17, 15) is 19.7 Å². The normalized spacial score (nSPS) is 14.7. The minimum atomic E-state index is -0.794. The van der Waals surface area contributed by atoms with E-state index in [4.69, 9.17) is 14.1 Å². The van der Waals surface area contributed by atoms with Crippen LogP contribution in [0.2, 0.25) is 0 Å². The van der Waals surface area contributed by atoms with E-state index in [0.29, 0.717) is 32.1 Å². The van der Waals surface area contributed by atoms with Crippen LogP contribution < -0.4 is 14.9 Å². The van der Waals surface area contributed by atoms with Gasteiger partial charge in [-0.3, -0.25) is 19.5 Å². The third kappa shape index (κ3) is 5.43. The van der Waals surface area contributed by atoms with Crippen LogP contribution in [0.3, 0.4) is 0 Å². The van der Waals surface area contributed by atoms with E-state index in [1.54, 1.807) is 55.1 Å². The first-order valence-corrected chi connectivity index (χ1v) is 15.7. The average Bonchev–Trinajstić information content (AvgIpc) is 3.64. The van der Waals surface area contributed by atoms with Crippen molar-refractivity contribution in [2.45, 2.75) is 17.9 Å². The van der Waals surface area contributed by atoms with Gasteiger partial charge in [0.15, 0.2) is 4.80 Å². The van der Waals surface area contributed by atoms with Crippen molar-refractivity contribution in [3.8, 4) is 11.3 Å². The van der Waals surface area contributed by atoms with Gasteiger partial charge in [0.25, 0.3) is 11.2 Å². The molecule has 5 aromatic rings. The molecule has 9 nitrogen and oxygen atoms in total. The first-order valence-electron chi connectivity index (χ1n) is 13.7. The average molecular weight is 624 g/mol. The summed E-state index contributed by atoms with van der Waals surface area (Å²) < 4.78 is 13.3. The van der Waals surface area contributed by atoms with Crippen LogP contribution in [-0.2, 0) is 9.53 Å². The second kappa shape index (κ2) is 12.3. The quantitative estimate of drug-likeness (QED) is 0.0925. The van der Waals surface area contributed by atoms with Crippen molar-refractivity contribution < 1.29 is 18.9 Å². The predicted octanol–water partition coefficient (Wildman–Crippen LogP) is 5.83. The number of carbonyl (C=O) groups is 1.